The number of carbonyl (C=O) groups excluding carboxylic acids is 2. The Hall–Kier alpha value is -3.23. The Labute approximate surface area is 175 Å². The molecule has 160 valence electrons. The van der Waals surface area contributed by atoms with E-state index in [-0.39, 0.29) is 17.5 Å². The fourth-order valence-corrected chi connectivity index (χ4v) is 3.72. The summed E-state index contributed by atoms with van der Waals surface area (Å²) in [7, 11) is 0. The van der Waals surface area contributed by atoms with E-state index in [9.17, 15) is 19.7 Å². The van der Waals surface area contributed by atoms with Crippen LogP contribution in [0.25, 0.3) is 0 Å². The number of hydrogen-bond donors (Lipinski definition) is 1. The fourth-order valence-electron chi connectivity index (χ4n) is 3.72. The third-order valence-electron chi connectivity index (χ3n) is 5.41. The molecule has 2 amide bonds. The van der Waals surface area contributed by atoms with Crippen LogP contribution in [0.4, 0.5) is 5.69 Å². The van der Waals surface area contributed by atoms with Gasteiger partial charge in [-0.3, -0.25) is 24.4 Å². The second kappa shape index (κ2) is 9.51. The zero-order valence-electron chi connectivity index (χ0n) is 17.4. The first-order chi connectivity index (χ1) is 14.4. The van der Waals surface area contributed by atoms with Crippen molar-refractivity contribution in [1.82, 2.24) is 20.0 Å². The second-order valence-corrected chi connectivity index (χ2v) is 7.58. The molecule has 0 spiro atoms. The average molecular weight is 413 g/mol. The van der Waals surface area contributed by atoms with Gasteiger partial charge < -0.3 is 10.2 Å². The van der Waals surface area contributed by atoms with E-state index in [2.05, 4.69) is 10.4 Å². The lowest BCUT2D eigenvalue weighted by Gasteiger charge is -2.20. The maximum atomic E-state index is 12.4. The molecule has 0 bridgehead atoms. The molecule has 9 nitrogen and oxygen atoms in total. The molecular weight excluding hydrogens is 386 g/mol. The van der Waals surface area contributed by atoms with Gasteiger partial charge >= 0.3 is 5.69 Å². The van der Waals surface area contributed by atoms with Crippen LogP contribution in [0.1, 0.15) is 53.0 Å². The van der Waals surface area contributed by atoms with Gasteiger partial charge in [-0.25, -0.2) is 0 Å². The Kier molecular flexibility index (Phi) is 6.81. The van der Waals surface area contributed by atoms with Gasteiger partial charge in [0.1, 0.15) is 11.4 Å². The number of likely N-dealkylation sites (tertiary alicyclic amines) is 1. The molecule has 0 aliphatic carbocycles. The molecule has 1 aromatic heterocycles. The van der Waals surface area contributed by atoms with Crippen molar-refractivity contribution in [2.75, 3.05) is 19.6 Å². The third kappa shape index (κ3) is 5.03. The molecule has 2 heterocycles. The van der Waals surface area contributed by atoms with E-state index in [0.29, 0.717) is 43.0 Å². The number of benzene rings is 1. The van der Waals surface area contributed by atoms with E-state index in [1.54, 1.807) is 30.7 Å². The molecule has 0 radical (unpaired) electrons. The molecule has 30 heavy (non-hydrogen) atoms. The van der Waals surface area contributed by atoms with E-state index < -0.39 is 4.92 Å². The summed E-state index contributed by atoms with van der Waals surface area (Å²) in [5, 5.41) is 18.2. The standard InChI is InChI=1S/C21H27N5O4/c1-15-20(26(29)30)16(2)25(23-15)14-17-7-9-18(10-8-17)21(28)22-11-13-24-12-5-3-4-6-19(24)27/h7-10H,3-6,11-14H2,1-2H3,(H,22,28). The number of rotatable bonds is 7. The van der Waals surface area contributed by atoms with Gasteiger partial charge in [0.2, 0.25) is 5.91 Å². The van der Waals surface area contributed by atoms with Gasteiger partial charge in [0.05, 0.1) is 11.5 Å². The van der Waals surface area contributed by atoms with Crippen LogP contribution >= 0.6 is 0 Å². The average Bonchev–Trinajstić information content (AvgIpc) is 2.85. The smallest absolute Gasteiger partial charge is 0.312 e. The van der Waals surface area contributed by atoms with E-state index in [4.69, 9.17) is 0 Å². The van der Waals surface area contributed by atoms with Crippen LogP contribution in [-0.4, -0.2) is 51.1 Å². The predicted molar refractivity (Wildman–Crippen MR) is 111 cm³/mol. The maximum Gasteiger partial charge on any atom is 0.312 e. The SMILES string of the molecule is Cc1nn(Cc2ccc(C(=O)NCCN3CCCCCC3=O)cc2)c(C)c1[N+](=O)[O-]. The highest BCUT2D eigenvalue weighted by Crippen LogP contribution is 2.22. The van der Waals surface area contributed by atoms with Crippen LogP contribution < -0.4 is 5.32 Å². The number of nitrogens with zero attached hydrogens (tertiary/aromatic N) is 4. The lowest BCUT2D eigenvalue weighted by Crippen LogP contribution is -2.38. The van der Waals surface area contributed by atoms with Crippen LogP contribution in [-0.2, 0) is 11.3 Å². The zero-order chi connectivity index (χ0) is 21.7. The predicted octanol–water partition coefficient (Wildman–Crippen LogP) is 2.59. The highest BCUT2D eigenvalue weighted by Gasteiger charge is 2.21. The lowest BCUT2D eigenvalue weighted by atomic mass is 10.1. The molecule has 9 heteroatoms. The van der Waals surface area contributed by atoms with Gasteiger partial charge in [-0.1, -0.05) is 18.6 Å². The van der Waals surface area contributed by atoms with Crippen molar-refractivity contribution in [3.63, 3.8) is 0 Å². The van der Waals surface area contributed by atoms with Gasteiger partial charge in [-0.2, -0.15) is 5.10 Å². The molecule has 0 unspecified atom stereocenters. The Morgan fingerprint density at radius 2 is 1.93 bits per heavy atom. The molecule has 0 saturated carbocycles. The fraction of sp³-hybridized carbons (Fsp3) is 0.476. The number of hydrogen-bond acceptors (Lipinski definition) is 5. The van der Waals surface area contributed by atoms with Crippen molar-refractivity contribution in [3.05, 3.63) is 56.9 Å². The molecule has 1 N–H and O–H groups in total. The first-order valence-corrected chi connectivity index (χ1v) is 10.2. The van der Waals surface area contributed by atoms with Gasteiger partial charge in [-0.05, 0) is 44.4 Å². The number of aryl methyl sites for hydroxylation is 1. The number of aromatic nitrogens is 2. The highest BCUT2D eigenvalue weighted by molar-refractivity contribution is 5.94. The van der Waals surface area contributed by atoms with E-state index >= 15 is 0 Å². The van der Waals surface area contributed by atoms with Crippen LogP contribution in [0.3, 0.4) is 0 Å². The first kappa shape index (κ1) is 21.5. The first-order valence-electron chi connectivity index (χ1n) is 10.2. The van der Waals surface area contributed by atoms with Crippen molar-refractivity contribution in [2.24, 2.45) is 0 Å². The zero-order valence-corrected chi connectivity index (χ0v) is 17.4. The molecule has 0 atom stereocenters. The monoisotopic (exact) mass is 413 g/mol. The Morgan fingerprint density at radius 1 is 1.20 bits per heavy atom. The molecule has 1 aliphatic heterocycles. The van der Waals surface area contributed by atoms with Crippen molar-refractivity contribution in [2.45, 2.75) is 46.1 Å². The lowest BCUT2D eigenvalue weighted by molar-refractivity contribution is -0.386. The van der Waals surface area contributed by atoms with Gasteiger partial charge in [0, 0.05) is 31.6 Å². The van der Waals surface area contributed by atoms with E-state index in [0.717, 1.165) is 31.4 Å². The number of nitro groups is 1. The van der Waals surface area contributed by atoms with Crippen LogP contribution in [0.15, 0.2) is 24.3 Å². The summed E-state index contributed by atoms with van der Waals surface area (Å²) in [6.07, 6.45) is 3.62. The van der Waals surface area contributed by atoms with Crippen LogP contribution in [0, 0.1) is 24.0 Å². The highest BCUT2D eigenvalue weighted by atomic mass is 16.6. The summed E-state index contributed by atoms with van der Waals surface area (Å²) in [6.45, 7) is 5.39. The minimum Gasteiger partial charge on any atom is -0.350 e. The van der Waals surface area contributed by atoms with Gasteiger partial charge in [-0.15, -0.1) is 0 Å². The van der Waals surface area contributed by atoms with Gasteiger partial charge in [0.25, 0.3) is 5.91 Å². The molecule has 3 rings (SSSR count). The van der Waals surface area contributed by atoms with Crippen molar-refractivity contribution < 1.29 is 14.5 Å². The molecule has 1 aromatic carbocycles. The normalized spacial score (nSPS) is 14.5. The van der Waals surface area contributed by atoms with Crippen LogP contribution in [0.2, 0.25) is 0 Å². The summed E-state index contributed by atoms with van der Waals surface area (Å²) < 4.78 is 1.60. The summed E-state index contributed by atoms with van der Waals surface area (Å²) in [6, 6.07) is 7.08. The Bertz CT molecular complexity index is 936. The third-order valence-corrected chi connectivity index (χ3v) is 5.41. The van der Waals surface area contributed by atoms with Crippen molar-refractivity contribution in [1.29, 1.82) is 0 Å². The summed E-state index contributed by atoms with van der Waals surface area (Å²) in [5.74, 6) is -0.0268. The molecule has 1 fully saturated rings. The number of carbonyl (C=O) groups is 2. The quantitative estimate of drug-likeness (QED) is 0.554. The van der Waals surface area contributed by atoms with Crippen LogP contribution in [0.5, 0.6) is 0 Å². The van der Waals surface area contributed by atoms with Crippen molar-refractivity contribution in [3.8, 4) is 0 Å². The number of nitrogens with one attached hydrogen (secondary N) is 1. The van der Waals surface area contributed by atoms with E-state index in [1.165, 1.54) is 0 Å². The molecule has 1 saturated heterocycles. The van der Waals surface area contributed by atoms with Gasteiger partial charge in [0.15, 0.2) is 0 Å². The Balaban J connectivity index is 1.55. The topological polar surface area (TPSA) is 110 Å². The summed E-state index contributed by atoms with van der Waals surface area (Å²) in [5.41, 5.74) is 2.34. The minimum absolute atomic E-state index is 0.0360. The summed E-state index contributed by atoms with van der Waals surface area (Å²) in [4.78, 5) is 36.9. The maximum absolute atomic E-state index is 12.4. The summed E-state index contributed by atoms with van der Waals surface area (Å²) >= 11 is 0. The minimum atomic E-state index is -0.416. The molecular formula is C21H27N5O4. The van der Waals surface area contributed by atoms with Crippen molar-refractivity contribution >= 4 is 17.5 Å². The largest absolute Gasteiger partial charge is 0.350 e. The second-order valence-electron chi connectivity index (χ2n) is 7.58. The van der Waals surface area contributed by atoms with E-state index in [1.807, 2.05) is 17.0 Å². The Morgan fingerprint density at radius 3 is 2.60 bits per heavy atom. The molecule has 1 aliphatic rings. The molecule has 2 aromatic rings. The number of amides is 2.